The molecule has 1 aromatic heterocycles. The first-order valence-electron chi connectivity index (χ1n) is 9.68. The fourth-order valence-corrected chi connectivity index (χ4v) is 4.96. The number of hydrogen-bond donors (Lipinski definition) is 0. The van der Waals surface area contributed by atoms with Gasteiger partial charge < -0.3 is 9.30 Å². The van der Waals surface area contributed by atoms with Crippen LogP contribution in [0.5, 0.6) is 5.75 Å². The van der Waals surface area contributed by atoms with E-state index in [0.29, 0.717) is 5.02 Å². The van der Waals surface area contributed by atoms with Gasteiger partial charge in [-0.3, -0.25) is 0 Å². The number of halogens is 2. The Morgan fingerprint density at radius 3 is 2.52 bits per heavy atom. The number of benzene rings is 2. The minimum absolute atomic E-state index is 0.0376. The fraction of sp³-hybridized carbons (Fsp3) is 0.348. The van der Waals surface area contributed by atoms with E-state index >= 15 is 0 Å². The zero-order valence-corrected chi connectivity index (χ0v) is 19.3. The Labute approximate surface area is 187 Å². The van der Waals surface area contributed by atoms with Gasteiger partial charge in [0, 0.05) is 38.6 Å². The molecule has 0 amide bonds. The predicted octanol–water partition coefficient (Wildman–Crippen LogP) is 7.16. The summed E-state index contributed by atoms with van der Waals surface area (Å²) in [4.78, 5) is 5.41. The lowest BCUT2D eigenvalue weighted by molar-refractivity contribution is 0.242. The van der Waals surface area contributed by atoms with E-state index in [2.05, 4.69) is 28.6 Å². The monoisotopic (exact) mass is 448 g/mol. The molecule has 154 valence electrons. The number of ether oxygens (including phenoxy) is 1. The van der Waals surface area contributed by atoms with Gasteiger partial charge in [0.2, 0.25) is 0 Å². The third-order valence-electron chi connectivity index (χ3n) is 4.57. The summed E-state index contributed by atoms with van der Waals surface area (Å²) in [5.74, 6) is 0.897. The normalized spacial score (nSPS) is 13.4. The van der Waals surface area contributed by atoms with Crippen LogP contribution in [0.2, 0.25) is 10.0 Å². The van der Waals surface area contributed by atoms with Crippen molar-refractivity contribution < 1.29 is 4.74 Å². The van der Waals surface area contributed by atoms with Gasteiger partial charge in [-0.1, -0.05) is 29.3 Å². The second-order valence-corrected chi connectivity index (χ2v) is 10.2. The maximum Gasteiger partial charge on any atom is 0.119 e. The zero-order valence-electron chi connectivity index (χ0n) is 16.9. The molecule has 3 aromatic rings. The summed E-state index contributed by atoms with van der Waals surface area (Å²) >= 11 is 14.3. The van der Waals surface area contributed by atoms with E-state index in [1.54, 1.807) is 0 Å². The summed E-state index contributed by atoms with van der Waals surface area (Å²) in [6.45, 7) is 7.21. The number of aryl methyl sites for hydroxylation is 1. The maximum absolute atomic E-state index is 6.40. The van der Waals surface area contributed by atoms with Crippen LogP contribution >= 0.6 is 35.0 Å². The van der Waals surface area contributed by atoms with E-state index in [-0.39, 0.29) is 10.9 Å². The number of imidazole rings is 1. The number of nitrogens with zero attached hydrogens (tertiary/aromatic N) is 2. The molecule has 1 heterocycles. The van der Waals surface area contributed by atoms with Gasteiger partial charge in [0.05, 0.1) is 12.4 Å². The van der Waals surface area contributed by atoms with Gasteiger partial charge in [0.15, 0.2) is 0 Å². The van der Waals surface area contributed by atoms with Crippen LogP contribution in [0, 0.1) is 0 Å². The predicted molar refractivity (Wildman–Crippen MR) is 123 cm³/mol. The van der Waals surface area contributed by atoms with Gasteiger partial charge in [-0.05, 0) is 75.6 Å². The van der Waals surface area contributed by atoms with E-state index < -0.39 is 0 Å². The maximum atomic E-state index is 6.40. The number of thioether (sulfide) groups is 1. The highest BCUT2D eigenvalue weighted by Crippen LogP contribution is 2.39. The molecular weight excluding hydrogens is 423 g/mol. The molecule has 6 heteroatoms. The second-order valence-electron chi connectivity index (χ2n) is 7.66. The van der Waals surface area contributed by atoms with Crippen LogP contribution in [0.1, 0.15) is 32.8 Å². The summed E-state index contributed by atoms with van der Waals surface area (Å²) < 4.78 is 7.86. The van der Waals surface area contributed by atoms with Crippen molar-refractivity contribution >= 4 is 35.0 Å². The molecule has 1 unspecified atom stereocenters. The van der Waals surface area contributed by atoms with Gasteiger partial charge in [0.1, 0.15) is 5.75 Å². The molecule has 29 heavy (non-hydrogen) atoms. The third-order valence-corrected chi connectivity index (χ3v) is 6.50. The fourth-order valence-electron chi connectivity index (χ4n) is 3.20. The molecule has 0 N–H and O–H groups in total. The van der Waals surface area contributed by atoms with Gasteiger partial charge in [-0.2, -0.15) is 0 Å². The molecular formula is C23H26Cl2N2OS. The van der Waals surface area contributed by atoms with E-state index in [0.717, 1.165) is 35.7 Å². The Kier molecular flexibility index (Phi) is 7.55. The lowest BCUT2D eigenvalue weighted by atomic mass is 10.00. The Balaban J connectivity index is 1.75. The van der Waals surface area contributed by atoms with Crippen molar-refractivity contribution in [3.63, 3.8) is 0 Å². The van der Waals surface area contributed by atoms with E-state index in [4.69, 9.17) is 27.9 Å². The molecule has 0 radical (unpaired) electrons. The third kappa shape index (κ3) is 6.70. The second kappa shape index (κ2) is 9.92. The van der Waals surface area contributed by atoms with Gasteiger partial charge in [0.25, 0.3) is 0 Å². The minimum Gasteiger partial charge on any atom is -0.491 e. The van der Waals surface area contributed by atoms with Crippen LogP contribution in [-0.4, -0.2) is 20.4 Å². The number of rotatable bonds is 9. The Morgan fingerprint density at radius 2 is 1.90 bits per heavy atom. The van der Waals surface area contributed by atoms with Crippen LogP contribution in [0.4, 0.5) is 0 Å². The largest absolute Gasteiger partial charge is 0.491 e. The Hall–Kier alpha value is -1.62. The van der Waals surface area contributed by atoms with Crippen LogP contribution in [0.25, 0.3) is 0 Å². The van der Waals surface area contributed by atoms with Gasteiger partial charge in [-0.25, -0.2) is 4.98 Å². The topological polar surface area (TPSA) is 27.1 Å². The molecule has 2 aromatic carbocycles. The van der Waals surface area contributed by atoms with Crippen molar-refractivity contribution in [2.45, 2.75) is 55.9 Å². The van der Waals surface area contributed by atoms with Gasteiger partial charge in [-0.15, -0.1) is 11.8 Å². The first-order valence-corrected chi connectivity index (χ1v) is 11.3. The van der Waals surface area contributed by atoms with Crippen molar-refractivity contribution in [3.8, 4) is 5.75 Å². The van der Waals surface area contributed by atoms with Crippen molar-refractivity contribution in [2.24, 2.45) is 0 Å². The Bertz CT molecular complexity index is 913. The molecule has 3 rings (SSSR count). The molecule has 0 bridgehead atoms. The number of hydrogen-bond acceptors (Lipinski definition) is 3. The molecule has 0 spiro atoms. The highest BCUT2D eigenvalue weighted by molar-refractivity contribution is 8.00. The molecule has 1 atom stereocenters. The average Bonchev–Trinajstić information content (AvgIpc) is 3.15. The molecule has 0 saturated carbocycles. The minimum atomic E-state index is -0.0376. The summed E-state index contributed by atoms with van der Waals surface area (Å²) in [6, 6.07) is 14.1. The van der Waals surface area contributed by atoms with E-state index in [1.807, 2.05) is 74.7 Å². The molecule has 0 aliphatic heterocycles. The molecule has 0 aliphatic rings. The summed E-state index contributed by atoms with van der Waals surface area (Å²) in [6.07, 6.45) is 7.70. The van der Waals surface area contributed by atoms with E-state index in [1.165, 1.54) is 4.90 Å². The quantitative estimate of drug-likeness (QED) is 0.324. The molecule has 0 saturated heterocycles. The van der Waals surface area contributed by atoms with Crippen molar-refractivity contribution in [3.05, 3.63) is 76.8 Å². The van der Waals surface area contributed by atoms with Gasteiger partial charge >= 0.3 is 0 Å². The SMILES string of the molecule is CC(C)Oc1ccc(SC(C)(CCc2ccc(Cl)cc2Cl)Cn2ccnc2)cc1. The van der Waals surface area contributed by atoms with Crippen LogP contribution in [0.15, 0.2) is 66.1 Å². The number of aromatic nitrogens is 2. The van der Waals surface area contributed by atoms with Crippen LogP contribution < -0.4 is 4.74 Å². The zero-order chi connectivity index (χ0) is 20.9. The average molecular weight is 449 g/mol. The van der Waals surface area contributed by atoms with Crippen molar-refractivity contribution in [1.29, 1.82) is 0 Å². The standard InChI is InChI=1S/C23H26Cl2N2OS/c1-17(2)28-20-6-8-21(9-7-20)29-23(3,15-27-13-12-26-16-27)11-10-18-4-5-19(24)14-22(18)25/h4-9,12-14,16-17H,10-11,15H2,1-3H3. The molecule has 3 nitrogen and oxygen atoms in total. The first-order chi connectivity index (χ1) is 13.8. The van der Waals surface area contributed by atoms with Crippen LogP contribution in [0.3, 0.4) is 0 Å². The molecule has 0 aliphatic carbocycles. The van der Waals surface area contributed by atoms with Crippen molar-refractivity contribution in [2.75, 3.05) is 0 Å². The smallest absolute Gasteiger partial charge is 0.119 e. The van der Waals surface area contributed by atoms with Crippen molar-refractivity contribution in [1.82, 2.24) is 9.55 Å². The lowest BCUT2D eigenvalue weighted by Crippen LogP contribution is -2.27. The summed E-state index contributed by atoms with van der Waals surface area (Å²) in [7, 11) is 0. The Morgan fingerprint density at radius 1 is 1.14 bits per heavy atom. The highest BCUT2D eigenvalue weighted by atomic mass is 35.5. The van der Waals surface area contributed by atoms with Crippen LogP contribution in [-0.2, 0) is 13.0 Å². The molecule has 0 fully saturated rings. The first kappa shape index (κ1) is 22.1. The summed E-state index contributed by atoms with van der Waals surface area (Å²) in [5, 5.41) is 1.39. The summed E-state index contributed by atoms with van der Waals surface area (Å²) in [5.41, 5.74) is 1.12. The lowest BCUT2D eigenvalue weighted by Gasteiger charge is -2.30. The highest BCUT2D eigenvalue weighted by Gasteiger charge is 2.27. The van der Waals surface area contributed by atoms with E-state index in [9.17, 15) is 0 Å².